The van der Waals surface area contributed by atoms with Gasteiger partial charge in [0.25, 0.3) is 0 Å². The molecule has 0 saturated heterocycles. The van der Waals surface area contributed by atoms with Crippen molar-refractivity contribution < 1.29 is 22.4 Å². The number of hydrogen-bond donors (Lipinski definition) is 1. The van der Waals surface area contributed by atoms with Crippen molar-refractivity contribution in [3.05, 3.63) is 40.7 Å². The van der Waals surface area contributed by atoms with Gasteiger partial charge in [-0.25, -0.2) is 13.2 Å². The molecule has 1 aromatic heterocycles. The van der Waals surface area contributed by atoms with Crippen LogP contribution in [0.25, 0.3) is 0 Å². The molecule has 26 heavy (non-hydrogen) atoms. The smallest absolute Gasteiger partial charge is 0.408 e. The van der Waals surface area contributed by atoms with Crippen LogP contribution in [0.3, 0.4) is 0 Å². The van der Waals surface area contributed by atoms with Gasteiger partial charge in [-0.3, -0.25) is 0 Å². The minimum Gasteiger partial charge on any atom is -0.444 e. The molecule has 142 valence electrons. The van der Waals surface area contributed by atoms with Crippen LogP contribution in [0.1, 0.15) is 45.2 Å². The summed E-state index contributed by atoms with van der Waals surface area (Å²) < 4.78 is 35.2. The van der Waals surface area contributed by atoms with Crippen molar-refractivity contribution in [1.29, 1.82) is 0 Å². The number of nitrogens with one attached hydrogen (secondary N) is 1. The number of amides is 1. The maximum Gasteiger partial charge on any atom is 0.408 e. The van der Waals surface area contributed by atoms with E-state index in [2.05, 4.69) is 15.5 Å². The summed E-state index contributed by atoms with van der Waals surface area (Å²) >= 11 is 5.86. The summed E-state index contributed by atoms with van der Waals surface area (Å²) in [5.74, 6) is -0.371. The molecule has 1 heterocycles. The van der Waals surface area contributed by atoms with Crippen molar-refractivity contribution in [3.8, 4) is 0 Å². The van der Waals surface area contributed by atoms with E-state index in [1.54, 1.807) is 52.0 Å². The molecule has 1 aromatic carbocycles. The standard InChI is InChI=1S/C16H20ClN3O5S/c1-10(18-14(21)25-16(2,3)4)13-19-20-15(24-13)26(22,23)9-11-6-5-7-12(17)8-11/h5-8,10H,9H2,1-4H3,(H,18,21)/t10-/m1/s1. The molecule has 2 rings (SSSR count). The zero-order valence-corrected chi connectivity index (χ0v) is 16.4. The predicted molar refractivity (Wildman–Crippen MR) is 94.4 cm³/mol. The van der Waals surface area contributed by atoms with E-state index in [4.69, 9.17) is 20.8 Å². The molecule has 0 spiro atoms. The van der Waals surface area contributed by atoms with Gasteiger partial charge in [-0.15, -0.1) is 5.10 Å². The Morgan fingerprint density at radius 3 is 2.65 bits per heavy atom. The van der Waals surface area contributed by atoms with Crippen molar-refractivity contribution in [2.24, 2.45) is 0 Å². The first-order valence-electron chi connectivity index (χ1n) is 7.76. The average molecular weight is 402 g/mol. The predicted octanol–water partition coefficient (Wildman–Crippen LogP) is 3.28. The van der Waals surface area contributed by atoms with Gasteiger partial charge in [0, 0.05) is 5.02 Å². The number of benzene rings is 1. The second-order valence-corrected chi connectivity index (χ2v) is 8.97. The van der Waals surface area contributed by atoms with Gasteiger partial charge in [-0.05, 0) is 45.4 Å². The SMILES string of the molecule is C[C@@H](NC(=O)OC(C)(C)C)c1nnc(S(=O)(=O)Cc2cccc(Cl)c2)o1. The first kappa shape index (κ1) is 20.2. The first-order chi connectivity index (χ1) is 12.0. The highest BCUT2D eigenvalue weighted by Gasteiger charge is 2.26. The molecule has 1 atom stereocenters. The molecule has 0 aliphatic carbocycles. The molecular formula is C16H20ClN3O5S. The maximum atomic E-state index is 12.4. The Balaban J connectivity index is 2.09. The van der Waals surface area contributed by atoms with E-state index in [0.29, 0.717) is 10.6 Å². The number of rotatable bonds is 5. The number of alkyl carbamates (subject to hydrolysis) is 1. The molecule has 10 heteroatoms. The third-order valence-corrected chi connectivity index (χ3v) is 4.68. The van der Waals surface area contributed by atoms with Crippen LogP contribution in [-0.2, 0) is 20.3 Å². The van der Waals surface area contributed by atoms with Gasteiger partial charge in [0.15, 0.2) is 0 Å². The number of carbonyl (C=O) groups is 1. The van der Waals surface area contributed by atoms with Gasteiger partial charge in [-0.1, -0.05) is 28.8 Å². The van der Waals surface area contributed by atoms with Gasteiger partial charge < -0.3 is 14.5 Å². The lowest BCUT2D eigenvalue weighted by Gasteiger charge is -2.20. The van der Waals surface area contributed by atoms with Gasteiger partial charge >= 0.3 is 11.3 Å². The van der Waals surface area contributed by atoms with Gasteiger partial charge in [0.05, 0.1) is 5.75 Å². The molecule has 1 N–H and O–H groups in total. The zero-order chi connectivity index (χ0) is 19.5. The summed E-state index contributed by atoms with van der Waals surface area (Å²) in [6.07, 6.45) is -0.675. The Labute approximate surface area is 156 Å². The van der Waals surface area contributed by atoms with Crippen LogP contribution in [0.15, 0.2) is 33.9 Å². The van der Waals surface area contributed by atoms with E-state index >= 15 is 0 Å². The minimum absolute atomic E-state index is 0.0412. The van der Waals surface area contributed by atoms with Crippen LogP contribution in [0.2, 0.25) is 5.02 Å². The zero-order valence-electron chi connectivity index (χ0n) is 14.8. The fraction of sp³-hybridized carbons (Fsp3) is 0.438. The first-order valence-corrected chi connectivity index (χ1v) is 9.79. The highest BCUT2D eigenvalue weighted by atomic mass is 35.5. The quantitative estimate of drug-likeness (QED) is 0.817. The molecule has 0 aliphatic rings. The second-order valence-electron chi connectivity index (χ2n) is 6.66. The summed E-state index contributed by atoms with van der Waals surface area (Å²) in [5, 5.41) is 9.69. The molecule has 0 bridgehead atoms. The number of sulfone groups is 1. The summed E-state index contributed by atoms with van der Waals surface area (Å²) in [5.41, 5.74) is -0.165. The summed E-state index contributed by atoms with van der Waals surface area (Å²) in [6.45, 7) is 6.75. The van der Waals surface area contributed by atoms with Crippen molar-refractivity contribution >= 4 is 27.5 Å². The highest BCUT2D eigenvalue weighted by molar-refractivity contribution is 7.90. The van der Waals surface area contributed by atoms with E-state index in [1.165, 1.54) is 0 Å². The molecule has 0 unspecified atom stereocenters. The number of nitrogens with zero attached hydrogens (tertiary/aromatic N) is 2. The normalized spacial score (nSPS) is 13.3. The largest absolute Gasteiger partial charge is 0.444 e. The van der Waals surface area contributed by atoms with E-state index < -0.39 is 32.8 Å². The summed E-state index contributed by atoms with van der Waals surface area (Å²) in [6, 6.07) is 5.76. The topological polar surface area (TPSA) is 111 Å². The Morgan fingerprint density at radius 2 is 2.04 bits per heavy atom. The number of carbonyl (C=O) groups excluding carboxylic acids is 1. The van der Waals surface area contributed by atoms with Crippen molar-refractivity contribution in [3.63, 3.8) is 0 Å². The second kappa shape index (κ2) is 7.63. The third kappa shape index (κ3) is 5.70. The lowest BCUT2D eigenvalue weighted by atomic mass is 10.2. The molecule has 8 nitrogen and oxygen atoms in total. The lowest BCUT2D eigenvalue weighted by molar-refractivity contribution is 0.0500. The molecule has 1 amide bonds. The van der Waals surface area contributed by atoms with E-state index in [0.717, 1.165) is 0 Å². The Hall–Kier alpha value is -2.13. The van der Waals surface area contributed by atoms with Gasteiger partial charge in [-0.2, -0.15) is 0 Å². The van der Waals surface area contributed by atoms with E-state index in [9.17, 15) is 13.2 Å². The third-order valence-electron chi connectivity index (χ3n) is 3.04. The van der Waals surface area contributed by atoms with Crippen LogP contribution in [-0.4, -0.2) is 30.3 Å². The van der Waals surface area contributed by atoms with Gasteiger partial charge in [0.1, 0.15) is 11.6 Å². The molecule has 0 fully saturated rings. The van der Waals surface area contributed by atoms with Crippen molar-refractivity contribution in [2.45, 2.75) is 50.3 Å². The Morgan fingerprint density at radius 1 is 1.35 bits per heavy atom. The molecule has 0 radical (unpaired) electrons. The number of aromatic nitrogens is 2. The maximum absolute atomic E-state index is 12.4. The summed E-state index contributed by atoms with van der Waals surface area (Å²) in [4.78, 5) is 11.8. The molecule has 0 saturated carbocycles. The fourth-order valence-electron chi connectivity index (χ4n) is 1.98. The molecule has 2 aromatic rings. The van der Waals surface area contributed by atoms with Crippen molar-refractivity contribution in [2.75, 3.05) is 0 Å². The lowest BCUT2D eigenvalue weighted by Crippen LogP contribution is -2.34. The van der Waals surface area contributed by atoms with E-state index in [1.807, 2.05) is 0 Å². The van der Waals surface area contributed by atoms with E-state index in [-0.39, 0.29) is 11.6 Å². The number of ether oxygens (including phenoxy) is 1. The van der Waals surface area contributed by atoms with Crippen molar-refractivity contribution in [1.82, 2.24) is 15.5 Å². The van der Waals surface area contributed by atoms with Crippen LogP contribution in [0.5, 0.6) is 0 Å². The fourth-order valence-corrected chi connectivity index (χ4v) is 3.31. The van der Waals surface area contributed by atoms with Crippen LogP contribution in [0, 0.1) is 0 Å². The highest BCUT2D eigenvalue weighted by Crippen LogP contribution is 2.20. The molecule has 0 aliphatic heterocycles. The van der Waals surface area contributed by atoms with Crippen LogP contribution < -0.4 is 5.32 Å². The van der Waals surface area contributed by atoms with Crippen LogP contribution in [0.4, 0.5) is 4.79 Å². The summed E-state index contributed by atoms with van der Waals surface area (Å²) in [7, 11) is -3.84. The van der Waals surface area contributed by atoms with Crippen LogP contribution >= 0.6 is 11.6 Å². The number of hydrogen-bond acceptors (Lipinski definition) is 7. The average Bonchev–Trinajstić information content (AvgIpc) is 2.95. The monoisotopic (exact) mass is 401 g/mol. The Kier molecular flexibility index (Phi) is 5.92. The number of halogens is 1. The molecular weight excluding hydrogens is 382 g/mol. The van der Waals surface area contributed by atoms with Gasteiger partial charge in [0.2, 0.25) is 15.7 Å². The Bertz CT molecular complexity index is 889. The minimum atomic E-state index is -3.84.